The van der Waals surface area contributed by atoms with Crippen LogP contribution in [-0.2, 0) is 5.41 Å². The Balaban J connectivity index is 1.78. The normalized spacial score (nSPS) is 16.1. The second-order valence-corrected chi connectivity index (χ2v) is 5.32. The Morgan fingerprint density at radius 3 is 2.47 bits per heavy atom. The van der Waals surface area contributed by atoms with E-state index in [1.165, 1.54) is 24.5 Å². The van der Waals surface area contributed by atoms with Crippen LogP contribution in [-0.4, -0.2) is 18.6 Å². The lowest BCUT2D eigenvalue weighted by Gasteiger charge is -2.25. The number of hydrogen-bond donors (Lipinski definition) is 0. The van der Waals surface area contributed by atoms with Crippen LogP contribution in [0.4, 0.5) is 10.2 Å². The zero-order chi connectivity index (χ0) is 13.3. The van der Waals surface area contributed by atoms with Crippen molar-refractivity contribution >= 4 is 5.82 Å². The van der Waals surface area contributed by atoms with Gasteiger partial charge >= 0.3 is 0 Å². The van der Waals surface area contributed by atoms with Crippen LogP contribution < -0.4 is 4.90 Å². The Morgan fingerprint density at radius 1 is 1.11 bits per heavy atom. The molecular formula is C16H17FN2. The molecule has 1 saturated carbocycles. The highest BCUT2D eigenvalue weighted by Gasteiger charge is 2.45. The summed E-state index contributed by atoms with van der Waals surface area (Å²) in [4.78, 5) is 5.98. The molecule has 0 aliphatic heterocycles. The summed E-state index contributed by atoms with van der Waals surface area (Å²) in [6.45, 7) is 0.882. The van der Waals surface area contributed by atoms with Crippen LogP contribution in [0.2, 0.25) is 0 Å². The number of pyridine rings is 1. The van der Waals surface area contributed by atoms with E-state index in [0.717, 1.165) is 6.54 Å². The summed E-state index contributed by atoms with van der Waals surface area (Å²) in [6.07, 6.45) is 2.38. The van der Waals surface area contributed by atoms with Gasteiger partial charge in [-0.15, -0.1) is 0 Å². The van der Waals surface area contributed by atoms with Crippen molar-refractivity contribution in [1.82, 2.24) is 4.98 Å². The van der Waals surface area contributed by atoms with Gasteiger partial charge in [0.2, 0.25) is 5.95 Å². The Morgan fingerprint density at radius 2 is 1.84 bits per heavy atom. The predicted octanol–water partition coefficient (Wildman–Crippen LogP) is 3.39. The van der Waals surface area contributed by atoms with Gasteiger partial charge in [0, 0.05) is 19.0 Å². The van der Waals surface area contributed by atoms with Crippen molar-refractivity contribution in [3.63, 3.8) is 0 Å². The molecule has 98 valence electrons. The summed E-state index contributed by atoms with van der Waals surface area (Å²) in [5.41, 5.74) is 1.60. The van der Waals surface area contributed by atoms with Gasteiger partial charge in [-0.3, -0.25) is 0 Å². The number of rotatable bonds is 4. The molecule has 0 saturated heterocycles. The van der Waals surface area contributed by atoms with Crippen LogP contribution in [0, 0.1) is 5.95 Å². The molecule has 2 nitrogen and oxygen atoms in total. The minimum atomic E-state index is -0.422. The van der Waals surface area contributed by atoms with E-state index in [1.807, 2.05) is 24.1 Å². The summed E-state index contributed by atoms with van der Waals surface area (Å²) in [5.74, 6) is 0.274. The van der Waals surface area contributed by atoms with Gasteiger partial charge in [-0.25, -0.2) is 4.98 Å². The fourth-order valence-electron chi connectivity index (χ4n) is 2.63. The first-order valence-electron chi connectivity index (χ1n) is 6.59. The maximum atomic E-state index is 13.2. The Labute approximate surface area is 112 Å². The van der Waals surface area contributed by atoms with Crippen molar-refractivity contribution in [2.45, 2.75) is 18.3 Å². The molecule has 3 rings (SSSR count). The molecule has 1 heterocycles. The number of hydrogen-bond acceptors (Lipinski definition) is 2. The van der Waals surface area contributed by atoms with Crippen LogP contribution in [0.5, 0.6) is 0 Å². The van der Waals surface area contributed by atoms with Crippen molar-refractivity contribution in [2.24, 2.45) is 0 Å². The zero-order valence-corrected chi connectivity index (χ0v) is 11.0. The molecule has 0 spiro atoms. The first-order chi connectivity index (χ1) is 9.20. The quantitative estimate of drug-likeness (QED) is 0.779. The molecule has 19 heavy (non-hydrogen) atoms. The number of nitrogens with zero attached hydrogens (tertiary/aromatic N) is 2. The highest BCUT2D eigenvalue weighted by molar-refractivity contribution is 5.41. The molecular weight excluding hydrogens is 239 g/mol. The Bertz CT molecular complexity index is 564. The third-order valence-corrected chi connectivity index (χ3v) is 3.87. The number of benzene rings is 1. The van der Waals surface area contributed by atoms with E-state index in [1.54, 1.807) is 6.07 Å². The smallest absolute Gasteiger partial charge is 0.214 e. The Kier molecular flexibility index (Phi) is 2.97. The number of anilines is 1. The molecule has 1 aromatic heterocycles. The van der Waals surface area contributed by atoms with Gasteiger partial charge in [0.05, 0.1) is 0 Å². The van der Waals surface area contributed by atoms with Gasteiger partial charge in [0.15, 0.2) is 0 Å². The van der Waals surface area contributed by atoms with E-state index >= 15 is 0 Å². The van der Waals surface area contributed by atoms with Crippen LogP contribution in [0.3, 0.4) is 0 Å². The first kappa shape index (κ1) is 12.2. The SMILES string of the molecule is CN(CC1(c2ccccc2)CC1)c1cccc(F)n1. The second kappa shape index (κ2) is 4.65. The maximum Gasteiger partial charge on any atom is 0.214 e. The van der Waals surface area contributed by atoms with Crippen LogP contribution in [0.25, 0.3) is 0 Å². The lowest BCUT2D eigenvalue weighted by Crippen LogP contribution is -2.29. The average Bonchev–Trinajstić information content (AvgIpc) is 3.21. The van der Waals surface area contributed by atoms with Crippen molar-refractivity contribution in [1.29, 1.82) is 0 Å². The van der Waals surface area contributed by atoms with Crippen LogP contribution in [0.1, 0.15) is 18.4 Å². The summed E-state index contributed by atoms with van der Waals surface area (Å²) in [6, 6.07) is 15.5. The summed E-state index contributed by atoms with van der Waals surface area (Å²) < 4.78 is 13.2. The molecule has 1 aliphatic carbocycles. The standard InChI is InChI=1S/C16H17FN2/c1-19(15-9-5-8-14(17)18-15)12-16(10-11-16)13-6-3-2-4-7-13/h2-9H,10-12H2,1H3. The number of likely N-dealkylation sites (N-methyl/N-ethyl adjacent to an activating group) is 1. The minimum Gasteiger partial charge on any atom is -0.359 e. The van der Waals surface area contributed by atoms with Crippen molar-refractivity contribution < 1.29 is 4.39 Å². The molecule has 1 fully saturated rings. The van der Waals surface area contributed by atoms with Gasteiger partial charge in [-0.2, -0.15) is 4.39 Å². The summed E-state index contributed by atoms with van der Waals surface area (Å²) >= 11 is 0. The monoisotopic (exact) mass is 256 g/mol. The van der Waals surface area contributed by atoms with Crippen molar-refractivity contribution in [2.75, 3.05) is 18.5 Å². The molecule has 3 heteroatoms. The van der Waals surface area contributed by atoms with Gasteiger partial charge in [-0.05, 0) is 30.5 Å². The second-order valence-electron chi connectivity index (χ2n) is 5.32. The zero-order valence-electron chi connectivity index (χ0n) is 11.0. The van der Waals surface area contributed by atoms with E-state index in [4.69, 9.17) is 0 Å². The molecule has 0 N–H and O–H groups in total. The molecule has 0 bridgehead atoms. The van der Waals surface area contributed by atoms with Gasteiger partial charge < -0.3 is 4.90 Å². The van der Waals surface area contributed by atoms with Gasteiger partial charge in [0.1, 0.15) is 5.82 Å². The maximum absolute atomic E-state index is 13.2. The van der Waals surface area contributed by atoms with Gasteiger partial charge in [-0.1, -0.05) is 36.4 Å². The van der Waals surface area contributed by atoms with E-state index < -0.39 is 5.95 Å². The Hall–Kier alpha value is -1.90. The fraction of sp³-hybridized carbons (Fsp3) is 0.312. The fourth-order valence-corrected chi connectivity index (χ4v) is 2.63. The third kappa shape index (κ3) is 2.46. The summed E-state index contributed by atoms with van der Waals surface area (Å²) in [7, 11) is 1.98. The highest BCUT2D eigenvalue weighted by atomic mass is 19.1. The average molecular weight is 256 g/mol. The van der Waals surface area contributed by atoms with Gasteiger partial charge in [0.25, 0.3) is 0 Å². The molecule has 0 amide bonds. The minimum absolute atomic E-state index is 0.226. The topological polar surface area (TPSA) is 16.1 Å². The lowest BCUT2D eigenvalue weighted by molar-refractivity contribution is 0.578. The van der Waals surface area contributed by atoms with E-state index in [2.05, 4.69) is 29.2 Å². The molecule has 0 atom stereocenters. The largest absolute Gasteiger partial charge is 0.359 e. The molecule has 0 unspecified atom stereocenters. The predicted molar refractivity (Wildman–Crippen MR) is 74.8 cm³/mol. The van der Waals surface area contributed by atoms with E-state index in [9.17, 15) is 4.39 Å². The van der Waals surface area contributed by atoms with Crippen LogP contribution in [0.15, 0.2) is 48.5 Å². The first-order valence-corrected chi connectivity index (χ1v) is 6.59. The van der Waals surface area contributed by atoms with E-state index in [0.29, 0.717) is 5.82 Å². The number of aromatic nitrogens is 1. The molecule has 1 aliphatic rings. The molecule has 0 radical (unpaired) electrons. The summed E-state index contributed by atoms with van der Waals surface area (Å²) in [5, 5.41) is 0. The number of halogens is 1. The van der Waals surface area contributed by atoms with Crippen LogP contribution >= 0.6 is 0 Å². The lowest BCUT2D eigenvalue weighted by atomic mass is 9.95. The van der Waals surface area contributed by atoms with E-state index in [-0.39, 0.29) is 5.41 Å². The molecule has 1 aromatic carbocycles. The molecule has 2 aromatic rings. The van der Waals surface area contributed by atoms with Crippen molar-refractivity contribution in [3.05, 3.63) is 60.0 Å². The third-order valence-electron chi connectivity index (χ3n) is 3.87. The van der Waals surface area contributed by atoms with Crippen molar-refractivity contribution in [3.8, 4) is 0 Å². The highest BCUT2D eigenvalue weighted by Crippen LogP contribution is 2.48.